The molecule has 7 heteroatoms. The van der Waals surface area contributed by atoms with Crippen LogP contribution >= 0.6 is 12.2 Å². The summed E-state index contributed by atoms with van der Waals surface area (Å²) >= 11 is 5.44. The van der Waals surface area contributed by atoms with Crippen molar-refractivity contribution in [3.63, 3.8) is 0 Å². The molecule has 0 bridgehead atoms. The number of hydrogen-bond acceptors (Lipinski definition) is 4. The van der Waals surface area contributed by atoms with Crippen LogP contribution in [0.3, 0.4) is 0 Å². The fourth-order valence-corrected chi connectivity index (χ4v) is 2.73. The van der Waals surface area contributed by atoms with Gasteiger partial charge in [-0.15, -0.1) is 0 Å². The normalized spacial score (nSPS) is 11.2. The van der Waals surface area contributed by atoms with Crippen LogP contribution in [0.25, 0.3) is 11.2 Å². The van der Waals surface area contributed by atoms with E-state index in [0.717, 1.165) is 28.8 Å². The number of pyridine rings is 1. The second kappa shape index (κ2) is 5.33. The van der Waals surface area contributed by atoms with Crippen LogP contribution in [0.4, 0.5) is 0 Å². The average molecular weight is 303 g/mol. The Balaban J connectivity index is 2.05. The Morgan fingerprint density at radius 1 is 1.38 bits per heavy atom. The number of nitrogens with one attached hydrogen (secondary N) is 1. The molecule has 0 saturated heterocycles. The third-order valence-corrected chi connectivity index (χ3v) is 3.83. The third-order valence-electron chi connectivity index (χ3n) is 3.50. The van der Waals surface area contributed by atoms with E-state index in [-0.39, 0.29) is 0 Å². The zero-order chi connectivity index (χ0) is 15.0. The largest absolute Gasteiger partial charge is 0.481 e. The zero-order valence-electron chi connectivity index (χ0n) is 12.3. The van der Waals surface area contributed by atoms with Crippen molar-refractivity contribution in [1.82, 2.24) is 24.3 Å². The number of hydrogen-bond donors (Lipinski definition) is 1. The monoisotopic (exact) mass is 303 g/mol. The van der Waals surface area contributed by atoms with Crippen molar-refractivity contribution in [1.29, 1.82) is 0 Å². The van der Waals surface area contributed by atoms with Gasteiger partial charge in [0.1, 0.15) is 5.52 Å². The first-order valence-corrected chi connectivity index (χ1v) is 7.18. The number of ether oxygens (including phenoxy) is 1. The lowest BCUT2D eigenvalue weighted by Gasteiger charge is -2.05. The molecule has 0 aliphatic heterocycles. The van der Waals surface area contributed by atoms with Crippen molar-refractivity contribution in [3.05, 3.63) is 34.4 Å². The predicted molar refractivity (Wildman–Crippen MR) is 83.2 cm³/mol. The maximum Gasteiger partial charge on any atom is 0.212 e. The molecule has 110 valence electrons. The van der Waals surface area contributed by atoms with Crippen LogP contribution in [0.15, 0.2) is 18.3 Å². The lowest BCUT2D eigenvalue weighted by Crippen LogP contribution is -2.05. The zero-order valence-corrected chi connectivity index (χ0v) is 13.1. The van der Waals surface area contributed by atoms with Crippen molar-refractivity contribution in [2.24, 2.45) is 7.05 Å². The summed E-state index contributed by atoms with van der Waals surface area (Å²) in [7, 11) is 3.54. The summed E-state index contributed by atoms with van der Waals surface area (Å²) in [5.41, 5.74) is 4.12. The SMILES string of the molecule is CCc1nn(C)c2c1[nH]c(=S)n2Cc1ccc(OC)nc1. The molecule has 3 aromatic rings. The van der Waals surface area contributed by atoms with E-state index in [0.29, 0.717) is 17.2 Å². The van der Waals surface area contributed by atoms with Crippen LogP contribution in [-0.4, -0.2) is 31.4 Å². The summed E-state index contributed by atoms with van der Waals surface area (Å²) in [5.74, 6) is 0.607. The topological polar surface area (TPSA) is 60.7 Å². The highest BCUT2D eigenvalue weighted by Gasteiger charge is 2.14. The first-order chi connectivity index (χ1) is 10.1. The second-order valence-corrected chi connectivity index (χ2v) is 5.23. The molecule has 0 aromatic carbocycles. The number of aromatic amines is 1. The molecule has 21 heavy (non-hydrogen) atoms. The van der Waals surface area contributed by atoms with Crippen molar-refractivity contribution in [3.8, 4) is 5.88 Å². The van der Waals surface area contributed by atoms with E-state index >= 15 is 0 Å². The number of nitrogens with zero attached hydrogens (tertiary/aromatic N) is 4. The number of methoxy groups -OCH3 is 1. The van der Waals surface area contributed by atoms with Gasteiger partial charge in [0, 0.05) is 19.3 Å². The maximum absolute atomic E-state index is 5.44. The second-order valence-electron chi connectivity index (χ2n) is 4.85. The average Bonchev–Trinajstić information content (AvgIpc) is 2.98. The van der Waals surface area contributed by atoms with E-state index in [1.54, 1.807) is 13.3 Å². The Morgan fingerprint density at radius 3 is 2.81 bits per heavy atom. The van der Waals surface area contributed by atoms with Gasteiger partial charge < -0.3 is 9.72 Å². The Morgan fingerprint density at radius 2 is 2.19 bits per heavy atom. The van der Waals surface area contributed by atoms with Crippen LogP contribution in [0.1, 0.15) is 18.2 Å². The molecule has 0 atom stereocenters. The molecule has 6 nitrogen and oxygen atoms in total. The highest BCUT2D eigenvalue weighted by Crippen LogP contribution is 2.19. The predicted octanol–water partition coefficient (Wildman–Crippen LogP) is 2.45. The highest BCUT2D eigenvalue weighted by atomic mass is 32.1. The number of aromatic nitrogens is 5. The summed E-state index contributed by atoms with van der Waals surface area (Å²) in [5, 5.41) is 4.52. The Labute approximate surface area is 127 Å². The lowest BCUT2D eigenvalue weighted by molar-refractivity contribution is 0.397. The third kappa shape index (κ3) is 2.33. The number of H-pyrrole nitrogens is 1. The van der Waals surface area contributed by atoms with Crippen molar-refractivity contribution in [2.45, 2.75) is 19.9 Å². The molecule has 0 fully saturated rings. The van der Waals surface area contributed by atoms with E-state index in [9.17, 15) is 0 Å². The molecule has 0 saturated carbocycles. The standard InChI is InChI=1S/C14H17N5OS/c1-4-10-12-13(18(2)17-10)19(14(21)16-12)8-9-5-6-11(20-3)15-7-9/h5-7H,4,8H2,1-3H3,(H,16,21). The van der Waals surface area contributed by atoms with Crippen molar-refractivity contribution in [2.75, 3.05) is 7.11 Å². The molecule has 0 unspecified atom stereocenters. The molecule has 0 aliphatic rings. The van der Waals surface area contributed by atoms with Gasteiger partial charge in [-0.3, -0.25) is 9.25 Å². The molecule has 1 N–H and O–H groups in total. The summed E-state index contributed by atoms with van der Waals surface area (Å²) in [4.78, 5) is 7.49. The molecular weight excluding hydrogens is 286 g/mol. The van der Waals surface area contributed by atoms with Crippen molar-refractivity contribution < 1.29 is 4.74 Å². The van der Waals surface area contributed by atoms with E-state index in [4.69, 9.17) is 17.0 Å². The number of fused-ring (bicyclic) bond motifs is 1. The highest BCUT2D eigenvalue weighted by molar-refractivity contribution is 7.71. The minimum Gasteiger partial charge on any atom is -0.481 e. The van der Waals surface area contributed by atoms with Gasteiger partial charge in [-0.25, -0.2) is 4.98 Å². The Hall–Kier alpha value is -2.15. The van der Waals surface area contributed by atoms with Gasteiger partial charge in [0.15, 0.2) is 10.4 Å². The minimum atomic E-state index is 0.607. The molecule has 0 amide bonds. The van der Waals surface area contributed by atoms with Crippen molar-refractivity contribution >= 4 is 23.4 Å². The van der Waals surface area contributed by atoms with Crippen LogP contribution in [0, 0.1) is 4.77 Å². The summed E-state index contributed by atoms with van der Waals surface area (Å²) in [6, 6.07) is 3.84. The summed E-state index contributed by atoms with van der Waals surface area (Å²) in [6.07, 6.45) is 2.67. The molecule has 0 aliphatic carbocycles. The van der Waals surface area contributed by atoms with Crippen LogP contribution in [0.2, 0.25) is 0 Å². The quantitative estimate of drug-likeness (QED) is 0.752. The van der Waals surface area contributed by atoms with Crippen LogP contribution < -0.4 is 4.74 Å². The molecule has 0 radical (unpaired) electrons. The molecule has 3 aromatic heterocycles. The van der Waals surface area contributed by atoms with Gasteiger partial charge >= 0.3 is 0 Å². The lowest BCUT2D eigenvalue weighted by atomic mass is 10.3. The van der Waals surface area contributed by atoms with E-state index in [1.807, 2.05) is 28.4 Å². The Bertz CT molecular complexity index is 828. The first-order valence-electron chi connectivity index (χ1n) is 6.77. The van der Waals surface area contributed by atoms with Gasteiger partial charge in [-0.2, -0.15) is 5.10 Å². The number of imidazole rings is 1. The number of aryl methyl sites for hydroxylation is 2. The van der Waals surface area contributed by atoms with Crippen LogP contribution in [0.5, 0.6) is 5.88 Å². The van der Waals surface area contributed by atoms with Gasteiger partial charge in [-0.1, -0.05) is 13.0 Å². The summed E-state index contributed by atoms with van der Waals surface area (Å²) < 4.78 is 9.69. The smallest absolute Gasteiger partial charge is 0.212 e. The van der Waals surface area contributed by atoms with Gasteiger partial charge in [-0.05, 0) is 24.2 Å². The molecule has 3 rings (SSSR count). The first kappa shape index (κ1) is 13.8. The fraction of sp³-hybridized carbons (Fsp3) is 0.357. The van der Waals surface area contributed by atoms with E-state index < -0.39 is 0 Å². The van der Waals surface area contributed by atoms with Gasteiger partial charge in [0.2, 0.25) is 5.88 Å². The fourth-order valence-electron chi connectivity index (χ4n) is 2.48. The molecule has 3 heterocycles. The van der Waals surface area contributed by atoms with E-state index in [2.05, 4.69) is 22.0 Å². The minimum absolute atomic E-state index is 0.607. The molecule has 0 spiro atoms. The van der Waals surface area contributed by atoms with Gasteiger partial charge in [0.05, 0.1) is 19.3 Å². The van der Waals surface area contributed by atoms with Crippen LogP contribution in [-0.2, 0) is 20.0 Å². The number of rotatable bonds is 4. The molecular formula is C14H17N5OS. The Kier molecular flexibility index (Phi) is 3.50. The van der Waals surface area contributed by atoms with Gasteiger partial charge in [0.25, 0.3) is 0 Å². The van der Waals surface area contributed by atoms with E-state index in [1.165, 1.54) is 0 Å². The maximum atomic E-state index is 5.44. The summed E-state index contributed by atoms with van der Waals surface area (Å²) in [6.45, 7) is 2.74.